The molecule has 1 fully saturated rings. The minimum absolute atomic E-state index is 0.189. The molecule has 0 saturated carbocycles. The molecule has 9 heteroatoms. The summed E-state index contributed by atoms with van der Waals surface area (Å²) in [5, 5.41) is 7.14. The third-order valence-electron chi connectivity index (χ3n) is 4.27. The van der Waals surface area contributed by atoms with Gasteiger partial charge < -0.3 is 20.3 Å². The van der Waals surface area contributed by atoms with E-state index in [1.54, 1.807) is 35.7 Å². The van der Waals surface area contributed by atoms with Crippen molar-refractivity contribution in [2.24, 2.45) is 0 Å². The second kappa shape index (κ2) is 8.66. The fourth-order valence-corrected chi connectivity index (χ4v) is 3.61. The molecule has 1 aliphatic rings. The quantitative estimate of drug-likeness (QED) is 0.739. The van der Waals surface area contributed by atoms with E-state index in [4.69, 9.17) is 0 Å². The highest BCUT2D eigenvalue weighted by molar-refractivity contribution is 7.12. The number of rotatable bonds is 5. The third-order valence-corrected chi connectivity index (χ3v) is 5.13. The first kappa shape index (κ1) is 19.6. The molecule has 1 aliphatic heterocycles. The maximum absolute atomic E-state index is 12.7. The molecule has 8 nitrogen and oxygen atoms in total. The highest BCUT2D eigenvalue weighted by atomic mass is 32.1. The van der Waals surface area contributed by atoms with Crippen LogP contribution in [0.4, 0.5) is 5.69 Å². The number of nitrogens with zero attached hydrogens (tertiary/aromatic N) is 1. The van der Waals surface area contributed by atoms with Crippen molar-refractivity contribution in [1.29, 1.82) is 0 Å². The zero-order valence-electron chi connectivity index (χ0n) is 15.1. The lowest BCUT2D eigenvalue weighted by atomic mass is 10.1. The van der Waals surface area contributed by atoms with Gasteiger partial charge >= 0.3 is 5.97 Å². The van der Waals surface area contributed by atoms with Gasteiger partial charge in [0.25, 0.3) is 5.91 Å². The van der Waals surface area contributed by atoms with Crippen molar-refractivity contribution in [3.63, 3.8) is 0 Å². The monoisotopic (exact) mass is 401 g/mol. The Labute approximate surface area is 165 Å². The summed E-state index contributed by atoms with van der Waals surface area (Å²) in [7, 11) is 1.27. The normalized spacial score (nSPS) is 16.2. The van der Waals surface area contributed by atoms with Gasteiger partial charge in [0.2, 0.25) is 11.8 Å². The van der Waals surface area contributed by atoms with Crippen LogP contribution in [0.15, 0.2) is 41.8 Å². The maximum atomic E-state index is 12.7. The lowest BCUT2D eigenvalue weighted by Gasteiger charge is -2.34. The van der Waals surface area contributed by atoms with Gasteiger partial charge in [-0.1, -0.05) is 12.1 Å². The first-order valence-corrected chi connectivity index (χ1v) is 9.48. The molecule has 0 bridgehead atoms. The van der Waals surface area contributed by atoms with Crippen LogP contribution in [-0.2, 0) is 14.3 Å². The Balaban J connectivity index is 1.71. The van der Waals surface area contributed by atoms with Crippen LogP contribution in [0.25, 0.3) is 0 Å². The van der Waals surface area contributed by atoms with Crippen molar-refractivity contribution in [3.8, 4) is 0 Å². The van der Waals surface area contributed by atoms with Gasteiger partial charge in [-0.3, -0.25) is 14.4 Å². The van der Waals surface area contributed by atoms with Crippen LogP contribution in [0.5, 0.6) is 0 Å². The molecule has 146 valence electrons. The number of ether oxygens (including phenoxy) is 1. The van der Waals surface area contributed by atoms with Crippen molar-refractivity contribution in [3.05, 3.63) is 52.2 Å². The average Bonchev–Trinajstić information content (AvgIpc) is 3.23. The van der Waals surface area contributed by atoms with E-state index < -0.39 is 17.9 Å². The van der Waals surface area contributed by atoms with Gasteiger partial charge in [-0.15, -0.1) is 11.3 Å². The van der Waals surface area contributed by atoms with E-state index in [2.05, 4.69) is 15.4 Å². The summed E-state index contributed by atoms with van der Waals surface area (Å²) in [5.74, 6) is -1.59. The number of hydrogen-bond acceptors (Lipinski definition) is 6. The van der Waals surface area contributed by atoms with E-state index in [0.29, 0.717) is 29.2 Å². The molecule has 0 spiro atoms. The van der Waals surface area contributed by atoms with Crippen molar-refractivity contribution in [2.45, 2.75) is 12.5 Å². The Hall–Kier alpha value is -3.20. The highest BCUT2D eigenvalue weighted by Crippen LogP contribution is 2.18. The second-order valence-corrected chi connectivity index (χ2v) is 7.06. The number of thiophene rings is 1. The van der Waals surface area contributed by atoms with Gasteiger partial charge in [-0.2, -0.15) is 0 Å². The molecule has 1 aromatic heterocycles. The molecule has 1 aromatic carbocycles. The first-order chi connectivity index (χ1) is 13.5. The number of piperazine rings is 1. The standard InChI is InChI=1S/C19H19N3O5S/c1-27-19(26)12-4-2-5-13(10-12)21-16(23)11-14-17(24)20-7-8-22(14)18(25)15-6-3-9-28-15/h2-6,9-10,14H,7-8,11H2,1H3,(H,20,24)(H,21,23)/t14-/m1/s1. The SMILES string of the molecule is COC(=O)c1cccc(NC(=O)C[C@@H]2C(=O)NCCN2C(=O)c2cccs2)c1. The summed E-state index contributed by atoms with van der Waals surface area (Å²) in [6.45, 7) is 0.674. The molecule has 3 amide bonds. The lowest BCUT2D eigenvalue weighted by Crippen LogP contribution is -2.58. The van der Waals surface area contributed by atoms with Gasteiger partial charge in [0.15, 0.2) is 0 Å². The molecular weight excluding hydrogens is 382 g/mol. The second-order valence-electron chi connectivity index (χ2n) is 6.11. The molecular formula is C19H19N3O5S. The van der Waals surface area contributed by atoms with Crippen LogP contribution in [-0.4, -0.2) is 54.8 Å². The van der Waals surface area contributed by atoms with Crippen molar-refractivity contribution < 1.29 is 23.9 Å². The minimum atomic E-state index is -0.896. The third kappa shape index (κ3) is 4.37. The molecule has 1 atom stereocenters. The summed E-state index contributed by atoms with van der Waals surface area (Å²) in [6, 6.07) is 8.85. The number of benzene rings is 1. The highest BCUT2D eigenvalue weighted by Gasteiger charge is 2.35. The fourth-order valence-electron chi connectivity index (χ4n) is 2.93. The molecule has 2 N–H and O–H groups in total. The van der Waals surface area contributed by atoms with Gasteiger partial charge in [0.05, 0.1) is 24.0 Å². The van der Waals surface area contributed by atoms with Crippen molar-refractivity contribution in [2.75, 3.05) is 25.5 Å². The summed E-state index contributed by atoms with van der Waals surface area (Å²) >= 11 is 1.29. The molecule has 0 aliphatic carbocycles. The number of hydrogen-bond donors (Lipinski definition) is 2. The summed E-state index contributed by atoms with van der Waals surface area (Å²) in [4.78, 5) is 51.0. The van der Waals surface area contributed by atoms with Crippen LogP contribution < -0.4 is 10.6 Å². The van der Waals surface area contributed by atoms with Crippen molar-refractivity contribution in [1.82, 2.24) is 10.2 Å². The van der Waals surface area contributed by atoms with E-state index in [0.717, 1.165) is 0 Å². The molecule has 1 saturated heterocycles. The molecule has 0 unspecified atom stereocenters. The Morgan fingerprint density at radius 2 is 2.11 bits per heavy atom. The molecule has 28 heavy (non-hydrogen) atoms. The maximum Gasteiger partial charge on any atom is 0.337 e. The average molecular weight is 401 g/mol. The van der Waals surface area contributed by atoms with E-state index in [1.165, 1.54) is 29.4 Å². The largest absolute Gasteiger partial charge is 0.465 e. The summed E-state index contributed by atoms with van der Waals surface area (Å²) in [5.41, 5.74) is 0.700. The minimum Gasteiger partial charge on any atom is -0.465 e. The van der Waals surface area contributed by atoms with Gasteiger partial charge in [-0.25, -0.2) is 4.79 Å². The molecule has 2 aromatic rings. The number of nitrogens with one attached hydrogen (secondary N) is 2. The van der Waals surface area contributed by atoms with Gasteiger partial charge in [0.1, 0.15) is 6.04 Å². The van der Waals surface area contributed by atoms with Crippen LogP contribution in [0.1, 0.15) is 26.5 Å². The number of methoxy groups -OCH3 is 1. The van der Waals surface area contributed by atoms with Crippen LogP contribution in [0.3, 0.4) is 0 Å². The van der Waals surface area contributed by atoms with E-state index in [-0.39, 0.29) is 18.2 Å². The molecule has 2 heterocycles. The first-order valence-electron chi connectivity index (χ1n) is 8.60. The number of carbonyl (C=O) groups is 4. The Kier molecular flexibility index (Phi) is 6.05. The summed E-state index contributed by atoms with van der Waals surface area (Å²) < 4.78 is 4.66. The van der Waals surface area contributed by atoms with Gasteiger partial charge in [0, 0.05) is 18.8 Å². The predicted octanol–water partition coefficient (Wildman–Crippen LogP) is 1.50. The number of carbonyl (C=O) groups excluding carboxylic acids is 4. The van der Waals surface area contributed by atoms with Crippen LogP contribution >= 0.6 is 11.3 Å². The predicted molar refractivity (Wildman–Crippen MR) is 103 cm³/mol. The number of amides is 3. The molecule has 0 radical (unpaired) electrons. The Morgan fingerprint density at radius 1 is 1.29 bits per heavy atom. The fraction of sp³-hybridized carbons (Fsp3) is 0.263. The van der Waals surface area contributed by atoms with Crippen LogP contribution in [0.2, 0.25) is 0 Å². The van der Waals surface area contributed by atoms with Gasteiger partial charge in [-0.05, 0) is 29.6 Å². The zero-order valence-corrected chi connectivity index (χ0v) is 16.0. The Morgan fingerprint density at radius 3 is 2.82 bits per heavy atom. The number of anilines is 1. The van der Waals surface area contributed by atoms with E-state index >= 15 is 0 Å². The topological polar surface area (TPSA) is 105 Å². The Bertz CT molecular complexity index is 897. The summed E-state index contributed by atoms with van der Waals surface area (Å²) in [6.07, 6.45) is -0.189. The van der Waals surface area contributed by atoms with Crippen molar-refractivity contribution >= 4 is 40.7 Å². The lowest BCUT2D eigenvalue weighted by molar-refractivity contribution is -0.131. The van der Waals surface area contributed by atoms with E-state index in [1.807, 2.05) is 0 Å². The molecule has 3 rings (SSSR count). The van der Waals surface area contributed by atoms with E-state index in [9.17, 15) is 19.2 Å². The van der Waals surface area contributed by atoms with Crippen LogP contribution in [0, 0.1) is 0 Å². The number of esters is 1. The zero-order chi connectivity index (χ0) is 20.1. The smallest absolute Gasteiger partial charge is 0.337 e.